The van der Waals surface area contributed by atoms with Crippen LogP contribution in [-0.4, -0.2) is 9.78 Å². The van der Waals surface area contributed by atoms with Gasteiger partial charge in [-0.3, -0.25) is 0 Å². The van der Waals surface area contributed by atoms with E-state index in [0.29, 0.717) is 5.02 Å². The third-order valence-electron chi connectivity index (χ3n) is 7.19. The van der Waals surface area contributed by atoms with Crippen molar-refractivity contribution in [1.29, 1.82) is 0 Å². The van der Waals surface area contributed by atoms with Gasteiger partial charge < -0.3 is 9.32 Å². The van der Waals surface area contributed by atoms with E-state index in [9.17, 15) is 0 Å². The Bertz CT molecular complexity index is 1960. The maximum Gasteiger partial charge on any atom is 0.159 e. The van der Waals surface area contributed by atoms with Gasteiger partial charge in [0.25, 0.3) is 0 Å². The van der Waals surface area contributed by atoms with Crippen molar-refractivity contribution in [2.45, 2.75) is 13.8 Å². The summed E-state index contributed by atoms with van der Waals surface area (Å²) in [6.07, 6.45) is 1.87. The molecule has 0 spiro atoms. The molecule has 0 N–H and O–H groups in total. The van der Waals surface area contributed by atoms with Crippen LogP contribution in [0.25, 0.3) is 38.5 Å². The average molecular weight is 514 g/mol. The Kier molecular flexibility index (Phi) is 5.24. The number of hydrogen-bond donors (Lipinski definition) is 0. The lowest BCUT2D eigenvalue weighted by molar-refractivity contribution is 0.669. The van der Waals surface area contributed by atoms with Crippen LogP contribution >= 0.6 is 11.6 Å². The number of halogens is 1. The molecule has 0 saturated heterocycles. The Balaban J connectivity index is 1.54. The fourth-order valence-corrected chi connectivity index (χ4v) is 5.74. The van der Waals surface area contributed by atoms with Gasteiger partial charge in [-0.25, -0.2) is 4.68 Å². The lowest BCUT2D eigenvalue weighted by atomic mass is 10.0. The summed E-state index contributed by atoms with van der Waals surface area (Å²) < 4.78 is 8.39. The predicted octanol–water partition coefficient (Wildman–Crippen LogP) is 9.66. The second kappa shape index (κ2) is 8.79. The minimum absolute atomic E-state index is 0.608. The monoisotopic (exact) mass is 513 g/mol. The van der Waals surface area contributed by atoms with Crippen LogP contribution in [0, 0.1) is 13.8 Å². The topological polar surface area (TPSA) is 34.2 Å². The van der Waals surface area contributed by atoms with E-state index in [1.165, 1.54) is 0 Å². The van der Waals surface area contributed by atoms with Crippen molar-refractivity contribution in [3.05, 3.63) is 125 Å². The molecule has 2 heterocycles. The highest BCUT2D eigenvalue weighted by molar-refractivity contribution is 6.35. The molecule has 0 radical (unpaired) electrons. The summed E-state index contributed by atoms with van der Waals surface area (Å²) in [5.74, 6) is 0. The van der Waals surface area contributed by atoms with Crippen LogP contribution < -0.4 is 4.90 Å². The summed E-state index contributed by atoms with van der Waals surface area (Å²) in [5.41, 5.74) is 8.65. The van der Waals surface area contributed by atoms with Gasteiger partial charge in [0, 0.05) is 16.2 Å². The first-order valence-corrected chi connectivity index (χ1v) is 13.0. The van der Waals surface area contributed by atoms with Gasteiger partial charge in [0.1, 0.15) is 5.58 Å². The van der Waals surface area contributed by atoms with Crippen molar-refractivity contribution >= 4 is 61.5 Å². The standard InChI is InChI=1S/C33H24ClN3O/c1-21-10-7-11-22(2)32(21)36(29-18-8-14-25-24-13-4-6-19-30(24)38-33(25)29)27-16-9-17-28(31(27)34)37-26-15-5-3-12-23(26)20-35-37/h3-20H,1-2H3. The zero-order chi connectivity index (χ0) is 25.8. The highest BCUT2D eigenvalue weighted by atomic mass is 35.5. The number of nitrogens with zero attached hydrogens (tertiary/aromatic N) is 3. The number of fused-ring (bicyclic) bond motifs is 4. The first-order valence-electron chi connectivity index (χ1n) is 12.6. The average Bonchev–Trinajstić information content (AvgIpc) is 3.53. The van der Waals surface area contributed by atoms with Crippen molar-refractivity contribution in [1.82, 2.24) is 9.78 Å². The molecule has 5 aromatic carbocycles. The molecule has 0 atom stereocenters. The Labute approximate surface area is 225 Å². The van der Waals surface area contributed by atoms with Gasteiger partial charge >= 0.3 is 0 Å². The molecule has 0 aliphatic rings. The number of benzene rings is 5. The highest BCUT2D eigenvalue weighted by Gasteiger charge is 2.25. The fourth-order valence-electron chi connectivity index (χ4n) is 5.45. The minimum atomic E-state index is 0.608. The van der Waals surface area contributed by atoms with Crippen LogP contribution in [0.4, 0.5) is 17.1 Å². The molecule has 0 unspecified atom stereocenters. The summed E-state index contributed by atoms with van der Waals surface area (Å²) in [5, 5.41) is 8.51. The molecule has 7 rings (SSSR count). The first-order chi connectivity index (χ1) is 18.6. The number of aryl methyl sites for hydroxylation is 2. The van der Waals surface area contributed by atoms with E-state index in [1.54, 1.807) is 0 Å². The van der Waals surface area contributed by atoms with Gasteiger partial charge in [-0.05, 0) is 55.3 Å². The fraction of sp³-hybridized carbons (Fsp3) is 0.0606. The predicted molar refractivity (Wildman–Crippen MR) is 158 cm³/mol. The molecule has 0 saturated carbocycles. The summed E-state index contributed by atoms with van der Waals surface area (Å²) in [6.45, 7) is 4.26. The number of aromatic nitrogens is 2. The third kappa shape index (κ3) is 3.41. The molecule has 5 heteroatoms. The molecular formula is C33H24ClN3O. The zero-order valence-electron chi connectivity index (χ0n) is 21.0. The van der Waals surface area contributed by atoms with Gasteiger partial charge in [0.15, 0.2) is 5.58 Å². The molecule has 0 amide bonds. The first kappa shape index (κ1) is 22.6. The van der Waals surface area contributed by atoms with Gasteiger partial charge in [0.2, 0.25) is 0 Å². The van der Waals surface area contributed by atoms with E-state index < -0.39 is 0 Å². The number of hydrogen-bond acceptors (Lipinski definition) is 3. The molecule has 4 nitrogen and oxygen atoms in total. The van der Waals surface area contributed by atoms with E-state index in [-0.39, 0.29) is 0 Å². The van der Waals surface area contributed by atoms with E-state index in [4.69, 9.17) is 16.0 Å². The van der Waals surface area contributed by atoms with Crippen LogP contribution in [0.5, 0.6) is 0 Å². The molecular weight excluding hydrogens is 490 g/mol. The molecule has 0 bridgehead atoms. The van der Waals surface area contributed by atoms with Crippen molar-refractivity contribution < 1.29 is 4.42 Å². The summed E-state index contributed by atoms with van der Waals surface area (Å²) in [7, 11) is 0. The Hall–Kier alpha value is -4.54. The number of anilines is 3. The number of para-hydroxylation sites is 4. The van der Waals surface area contributed by atoms with E-state index in [0.717, 1.165) is 66.7 Å². The largest absolute Gasteiger partial charge is 0.454 e. The molecule has 0 aliphatic carbocycles. The highest BCUT2D eigenvalue weighted by Crippen LogP contribution is 2.47. The van der Waals surface area contributed by atoms with Crippen molar-refractivity contribution in [2.75, 3.05) is 4.90 Å². The van der Waals surface area contributed by atoms with Crippen molar-refractivity contribution in [2.24, 2.45) is 0 Å². The molecule has 0 fully saturated rings. The van der Waals surface area contributed by atoms with Crippen LogP contribution in [0.2, 0.25) is 5.02 Å². The van der Waals surface area contributed by atoms with E-state index in [1.807, 2.05) is 53.3 Å². The smallest absolute Gasteiger partial charge is 0.159 e. The normalized spacial score (nSPS) is 11.6. The summed E-state index contributed by atoms with van der Waals surface area (Å²) in [6, 6.07) is 35.1. The molecule has 2 aromatic heterocycles. The van der Waals surface area contributed by atoms with E-state index >= 15 is 0 Å². The van der Waals surface area contributed by atoms with Crippen molar-refractivity contribution in [3.8, 4) is 5.69 Å². The maximum atomic E-state index is 7.30. The lowest BCUT2D eigenvalue weighted by Crippen LogP contribution is -2.14. The number of furan rings is 1. The van der Waals surface area contributed by atoms with Gasteiger partial charge in [-0.2, -0.15) is 5.10 Å². The second-order valence-corrected chi connectivity index (χ2v) is 9.93. The molecule has 0 aliphatic heterocycles. The van der Waals surface area contributed by atoms with Crippen LogP contribution in [0.1, 0.15) is 11.1 Å². The van der Waals surface area contributed by atoms with E-state index in [2.05, 4.69) is 84.5 Å². The quantitative estimate of drug-likeness (QED) is 0.235. The second-order valence-electron chi connectivity index (χ2n) is 9.55. The SMILES string of the molecule is Cc1cccc(C)c1N(c1cccc(-n2ncc3ccccc32)c1Cl)c1cccc2c1oc1ccccc12. The summed E-state index contributed by atoms with van der Waals surface area (Å²) in [4.78, 5) is 2.23. The molecule has 184 valence electrons. The number of rotatable bonds is 4. The molecule has 7 aromatic rings. The van der Waals surface area contributed by atoms with Crippen molar-refractivity contribution in [3.63, 3.8) is 0 Å². The van der Waals surface area contributed by atoms with Gasteiger partial charge in [-0.1, -0.05) is 84.4 Å². The van der Waals surface area contributed by atoms with Gasteiger partial charge in [0.05, 0.1) is 39.5 Å². The van der Waals surface area contributed by atoms with Crippen LogP contribution in [0.15, 0.2) is 114 Å². The Morgan fingerprint density at radius 1 is 0.711 bits per heavy atom. The Morgan fingerprint density at radius 2 is 1.39 bits per heavy atom. The maximum absolute atomic E-state index is 7.30. The van der Waals surface area contributed by atoms with Gasteiger partial charge in [-0.15, -0.1) is 0 Å². The Morgan fingerprint density at radius 3 is 2.26 bits per heavy atom. The summed E-state index contributed by atoms with van der Waals surface area (Å²) >= 11 is 7.30. The minimum Gasteiger partial charge on any atom is -0.454 e. The van der Waals surface area contributed by atoms with Crippen LogP contribution in [0.3, 0.4) is 0 Å². The zero-order valence-corrected chi connectivity index (χ0v) is 21.8. The molecule has 38 heavy (non-hydrogen) atoms. The third-order valence-corrected chi connectivity index (χ3v) is 7.58. The van der Waals surface area contributed by atoms with Crippen LogP contribution in [-0.2, 0) is 0 Å². The lowest BCUT2D eigenvalue weighted by Gasteiger charge is -2.30.